The summed E-state index contributed by atoms with van der Waals surface area (Å²) in [5.41, 5.74) is 0.388. The van der Waals surface area contributed by atoms with Crippen molar-refractivity contribution in [2.75, 3.05) is 0 Å². The second-order valence-corrected chi connectivity index (χ2v) is 5.18. The zero-order chi connectivity index (χ0) is 14.0. The fourth-order valence-corrected chi connectivity index (χ4v) is 1.84. The Morgan fingerprint density at radius 2 is 2.11 bits per heavy atom. The van der Waals surface area contributed by atoms with Crippen LogP contribution in [-0.2, 0) is 4.79 Å². The molecule has 0 radical (unpaired) electrons. The molecule has 1 aliphatic rings. The van der Waals surface area contributed by atoms with Crippen molar-refractivity contribution in [3.05, 3.63) is 28.8 Å². The van der Waals surface area contributed by atoms with E-state index in [9.17, 15) is 9.59 Å². The Hall–Kier alpha value is -1.55. The molecule has 19 heavy (non-hydrogen) atoms. The molecule has 2 rings (SSSR count). The van der Waals surface area contributed by atoms with E-state index in [1.807, 2.05) is 0 Å². The minimum Gasteiger partial charge on any atom is -0.480 e. The number of amides is 1. The first-order valence-corrected chi connectivity index (χ1v) is 6.62. The maximum absolute atomic E-state index is 11.8. The van der Waals surface area contributed by atoms with Crippen molar-refractivity contribution in [3.8, 4) is 5.75 Å². The van der Waals surface area contributed by atoms with Gasteiger partial charge in [0.1, 0.15) is 5.75 Å². The lowest BCUT2D eigenvalue weighted by atomic mass is 10.1. The highest BCUT2D eigenvalue weighted by atomic mass is 35.5. The fourth-order valence-electron chi connectivity index (χ4n) is 1.67. The van der Waals surface area contributed by atoms with Crippen molar-refractivity contribution < 1.29 is 14.3 Å². The van der Waals surface area contributed by atoms with E-state index in [1.165, 1.54) is 6.92 Å². The molecular weight excluding hydrogens is 266 g/mol. The molecule has 0 bridgehead atoms. The highest BCUT2D eigenvalue weighted by molar-refractivity contribution is 6.31. The van der Waals surface area contributed by atoms with Gasteiger partial charge in [-0.3, -0.25) is 9.59 Å². The zero-order valence-corrected chi connectivity index (χ0v) is 11.7. The Kier molecular flexibility index (Phi) is 4.10. The molecule has 1 saturated carbocycles. The molecule has 1 amide bonds. The average molecular weight is 282 g/mol. The number of Topliss-reactive ketones (excluding diaryl/α,β-unsaturated/α-hetero) is 1. The number of hydrogen-bond donors (Lipinski definition) is 1. The third kappa shape index (κ3) is 3.70. The number of ether oxygens (including phenoxy) is 1. The van der Waals surface area contributed by atoms with Crippen molar-refractivity contribution >= 4 is 23.3 Å². The largest absolute Gasteiger partial charge is 0.480 e. The number of rotatable bonds is 5. The van der Waals surface area contributed by atoms with Crippen molar-refractivity contribution in [2.24, 2.45) is 0 Å². The van der Waals surface area contributed by atoms with E-state index in [4.69, 9.17) is 16.3 Å². The first-order chi connectivity index (χ1) is 8.97. The van der Waals surface area contributed by atoms with Gasteiger partial charge < -0.3 is 10.1 Å². The first kappa shape index (κ1) is 13.9. The topological polar surface area (TPSA) is 55.4 Å². The van der Waals surface area contributed by atoms with E-state index in [0.717, 1.165) is 12.8 Å². The average Bonchev–Trinajstić information content (AvgIpc) is 3.14. The first-order valence-electron chi connectivity index (χ1n) is 6.25. The highest BCUT2D eigenvalue weighted by Gasteiger charge is 2.26. The van der Waals surface area contributed by atoms with Crippen molar-refractivity contribution in [1.29, 1.82) is 0 Å². The monoisotopic (exact) mass is 281 g/mol. The van der Waals surface area contributed by atoms with Gasteiger partial charge in [0.15, 0.2) is 11.9 Å². The molecular formula is C14H16ClNO3. The lowest BCUT2D eigenvalue weighted by molar-refractivity contribution is -0.127. The van der Waals surface area contributed by atoms with Gasteiger partial charge in [0.25, 0.3) is 5.91 Å². The molecule has 4 nitrogen and oxygen atoms in total. The molecule has 0 aromatic heterocycles. The summed E-state index contributed by atoms with van der Waals surface area (Å²) >= 11 is 5.85. The zero-order valence-electron chi connectivity index (χ0n) is 10.9. The number of nitrogens with one attached hydrogen (secondary N) is 1. The Labute approximate surface area is 117 Å². The molecule has 102 valence electrons. The molecule has 0 aliphatic heterocycles. The minimum absolute atomic E-state index is 0.146. The molecule has 0 spiro atoms. The predicted molar refractivity (Wildman–Crippen MR) is 72.7 cm³/mol. The third-order valence-corrected chi connectivity index (χ3v) is 3.15. The predicted octanol–water partition coefficient (Wildman–Crippen LogP) is 2.59. The molecule has 1 aliphatic carbocycles. The summed E-state index contributed by atoms with van der Waals surface area (Å²) < 4.78 is 5.56. The summed E-state index contributed by atoms with van der Waals surface area (Å²) in [6.45, 7) is 3.10. The van der Waals surface area contributed by atoms with E-state index >= 15 is 0 Å². The maximum atomic E-state index is 11.8. The standard InChI is InChI=1S/C14H16ClNO3/c1-8(17)12-7-10(15)3-6-13(12)19-9(2)14(18)16-11-4-5-11/h3,6-7,9,11H,4-5H2,1-2H3,(H,16,18)/t9-/m1/s1. The molecule has 0 heterocycles. The molecule has 1 aromatic rings. The summed E-state index contributed by atoms with van der Waals surface area (Å²) in [5, 5.41) is 3.32. The molecule has 5 heteroatoms. The quantitative estimate of drug-likeness (QED) is 0.844. The number of benzene rings is 1. The molecule has 1 aromatic carbocycles. The highest BCUT2D eigenvalue weighted by Crippen LogP contribution is 2.25. The van der Waals surface area contributed by atoms with Crippen LogP contribution < -0.4 is 10.1 Å². The lowest BCUT2D eigenvalue weighted by Gasteiger charge is -2.16. The van der Waals surface area contributed by atoms with Crippen LogP contribution in [-0.4, -0.2) is 23.8 Å². The number of carbonyl (C=O) groups is 2. The number of carbonyl (C=O) groups excluding carboxylic acids is 2. The molecule has 1 fully saturated rings. The summed E-state index contributed by atoms with van der Waals surface area (Å²) in [4.78, 5) is 23.3. The van der Waals surface area contributed by atoms with E-state index in [0.29, 0.717) is 16.3 Å². The Balaban J connectivity index is 2.08. The summed E-state index contributed by atoms with van der Waals surface area (Å²) in [6.07, 6.45) is 1.41. The summed E-state index contributed by atoms with van der Waals surface area (Å²) in [7, 11) is 0. The van der Waals surface area contributed by atoms with E-state index in [1.54, 1.807) is 25.1 Å². The van der Waals surface area contributed by atoms with Gasteiger partial charge in [0.2, 0.25) is 0 Å². The van der Waals surface area contributed by atoms with Crippen LogP contribution >= 0.6 is 11.6 Å². The van der Waals surface area contributed by atoms with Crippen molar-refractivity contribution in [3.63, 3.8) is 0 Å². The van der Waals surface area contributed by atoms with Crippen LogP contribution in [0.3, 0.4) is 0 Å². The molecule has 0 saturated heterocycles. The van der Waals surface area contributed by atoms with Gasteiger partial charge >= 0.3 is 0 Å². The van der Waals surface area contributed by atoms with Gasteiger partial charge in [-0.05, 0) is 44.9 Å². The van der Waals surface area contributed by atoms with Crippen LogP contribution in [0.15, 0.2) is 18.2 Å². The third-order valence-electron chi connectivity index (χ3n) is 2.92. The second-order valence-electron chi connectivity index (χ2n) is 4.74. The van der Waals surface area contributed by atoms with Crippen LogP contribution in [0.5, 0.6) is 5.75 Å². The van der Waals surface area contributed by atoms with Crippen LogP contribution in [0.4, 0.5) is 0 Å². The van der Waals surface area contributed by atoms with Gasteiger partial charge in [-0.1, -0.05) is 11.6 Å². The van der Waals surface area contributed by atoms with Gasteiger partial charge in [0.05, 0.1) is 5.56 Å². The summed E-state index contributed by atoms with van der Waals surface area (Å²) in [6, 6.07) is 5.08. The molecule has 0 unspecified atom stereocenters. The maximum Gasteiger partial charge on any atom is 0.260 e. The van der Waals surface area contributed by atoms with E-state index < -0.39 is 6.10 Å². The van der Waals surface area contributed by atoms with E-state index in [2.05, 4.69) is 5.32 Å². The van der Waals surface area contributed by atoms with Gasteiger partial charge in [-0.25, -0.2) is 0 Å². The van der Waals surface area contributed by atoms with E-state index in [-0.39, 0.29) is 17.7 Å². The Morgan fingerprint density at radius 3 is 2.68 bits per heavy atom. The number of ketones is 1. The summed E-state index contributed by atoms with van der Waals surface area (Å²) in [5.74, 6) is 0.0783. The van der Waals surface area contributed by atoms with Crippen LogP contribution in [0.1, 0.15) is 37.0 Å². The Morgan fingerprint density at radius 1 is 1.42 bits per heavy atom. The number of halogens is 1. The van der Waals surface area contributed by atoms with Crippen LogP contribution in [0.25, 0.3) is 0 Å². The van der Waals surface area contributed by atoms with Crippen molar-refractivity contribution in [2.45, 2.75) is 38.8 Å². The minimum atomic E-state index is -0.639. The van der Waals surface area contributed by atoms with Gasteiger partial charge in [-0.15, -0.1) is 0 Å². The van der Waals surface area contributed by atoms with Crippen LogP contribution in [0.2, 0.25) is 5.02 Å². The molecule has 1 N–H and O–H groups in total. The normalized spacial score (nSPS) is 15.7. The Bertz CT molecular complexity index is 511. The van der Waals surface area contributed by atoms with Gasteiger partial charge in [0, 0.05) is 11.1 Å². The lowest BCUT2D eigenvalue weighted by Crippen LogP contribution is -2.37. The van der Waals surface area contributed by atoms with Crippen molar-refractivity contribution in [1.82, 2.24) is 5.32 Å². The molecule has 1 atom stereocenters. The second kappa shape index (κ2) is 5.61. The fraction of sp³-hybridized carbons (Fsp3) is 0.429. The smallest absolute Gasteiger partial charge is 0.260 e. The van der Waals surface area contributed by atoms with Gasteiger partial charge in [-0.2, -0.15) is 0 Å². The van der Waals surface area contributed by atoms with Crippen LogP contribution in [0, 0.1) is 0 Å². The number of hydrogen-bond acceptors (Lipinski definition) is 3. The SMILES string of the molecule is CC(=O)c1cc(Cl)ccc1O[C@H](C)C(=O)NC1CC1.